The molecule has 0 fully saturated rings. The Morgan fingerprint density at radius 2 is 1.61 bits per heavy atom. The zero-order valence-corrected chi connectivity index (χ0v) is 11.7. The van der Waals surface area contributed by atoms with Crippen LogP contribution in [0.15, 0.2) is 42.5 Å². The van der Waals surface area contributed by atoms with E-state index in [4.69, 9.17) is 5.11 Å². The summed E-state index contributed by atoms with van der Waals surface area (Å²) in [5.41, 5.74) is 1.13. The van der Waals surface area contributed by atoms with Gasteiger partial charge in [-0.15, -0.1) is 0 Å². The number of aromatic hydroxyl groups is 1. The molecule has 5 heteroatoms. The van der Waals surface area contributed by atoms with Gasteiger partial charge in [-0.25, -0.2) is 9.18 Å². The third-order valence-electron chi connectivity index (χ3n) is 2.40. The summed E-state index contributed by atoms with van der Waals surface area (Å²) < 4.78 is 12.7. The van der Waals surface area contributed by atoms with Crippen molar-refractivity contribution in [3.63, 3.8) is 0 Å². The standard InChI is InChI=1S/C13H9FO3.Na.H/c14-10-4-1-8(2-5-10)9-3-6-12(15)11(7-9)13(16)17;;/h1-7,15H,(H,16,17);;/q;+1;-1. The number of aromatic carboxylic acids is 1. The van der Waals surface area contributed by atoms with Crippen molar-refractivity contribution in [2.24, 2.45) is 0 Å². The van der Waals surface area contributed by atoms with Crippen molar-refractivity contribution >= 4 is 5.97 Å². The first-order valence-corrected chi connectivity index (χ1v) is 4.90. The van der Waals surface area contributed by atoms with E-state index < -0.39 is 5.97 Å². The molecule has 0 aliphatic heterocycles. The van der Waals surface area contributed by atoms with Crippen molar-refractivity contribution in [2.45, 2.75) is 0 Å². The molecule has 0 unspecified atom stereocenters. The molecular formula is C13H10FNaO3. The van der Waals surface area contributed by atoms with Crippen LogP contribution in [0.5, 0.6) is 5.75 Å². The number of rotatable bonds is 2. The molecule has 0 aliphatic carbocycles. The van der Waals surface area contributed by atoms with Gasteiger partial charge in [-0.2, -0.15) is 0 Å². The number of halogens is 1. The maximum absolute atomic E-state index is 12.7. The summed E-state index contributed by atoms with van der Waals surface area (Å²) in [4.78, 5) is 10.8. The SMILES string of the molecule is O=C(O)c1cc(-c2ccc(F)cc2)ccc1O.[H-].[Na+]. The Hall–Kier alpha value is -1.36. The maximum Gasteiger partial charge on any atom is 1.00 e. The molecule has 18 heavy (non-hydrogen) atoms. The molecule has 0 aliphatic rings. The molecule has 0 heterocycles. The normalized spacial score (nSPS) is 9.61. The summed E-state index contributed by atoms with van der Waals surface area (Å²) in [5, 5.41) is 18.2. The Bertz CT molecular complexity index is 573. The number of benzene rings is 2. The summed E-state index contributed by atoms with van der Waals surface area (Å²) in [6, 6.07) is 9.92. The van der Waals surface area contributed by atoms with E-state index in [0.717, 1.165) is 0 Å². The van der Waals surface area contributed by atoms with Crippen molar-refractivity contribution < 1.29 is 50.4 Å². The predicted octanol–water partition coefficient (Wildman–Crippen LogP) is 0.0130. The number of phenols is 1. The smallest absolute Gasteiger partial charge is 1.00 e. The van der Waals surface area contributed by atoms with E-state index in [1.54, 1.807) is 18.2 Å². The van der Waals surface area contributed by atoms with Crippen LogP contribution in [0.3, 0.4) is 0 Å². The van der Waals surface area contributed by atoms with Gasteiger partial charge in [0.25, 0.3) is 0 Å². The van der Waals surface area contributed by atoms with E-state index in [0.29, 0.717) is 11.1 Å². The Balaban J connectivity index is 0.00000162. The molecule has 0 radical (unpaired) electrons. The number of hydrogen-bond donors (Lipinski definition) is 2. The number of carbonyl (C=O) groups is 1. The Morgan fingerprint density at radius 1 is 1.06 bits per heavy atom. The van der Waals surface area contributed by atoms with Crippen LogP contribution >= 0.6 is 0 Å². The zero-order valence-electron chi connectivity index (χ0n) is 10.7. The minimum atomic E-state index is -1.20. The molecule has 2 N–H and O–H groups in total. The number of carboxylic acids is 1. The summed E-state index contributed by atoms with van der Waals surface area (Å²) >= 11 is 0. The number of hydrogen-bond acceptors (Lipinski definition) is 2. The third kappa shape index (κ3) is 3.10. The van der Waals surface area contributed by atoms with E-state index in [9.17, 15) is 14.3 Å². The molecule has 0 saturated heterocycles. The molecule has 2 aromatic carbocycles. The molecule has 88 valence electrons. The van der Waals surface area contributed by atoms with Crippen LogP contribution in [0.1, 0.15) is 11.8 Å². The van der Waals surface area contributed by atoms with Crippen LogP contribution in [0, 0.1) is 5.82 Å². The molecule has 0 spiro atoms. The molecule has 0 saturated carbocycles. The summed E-state index contributed by atoms with van der Waals surface area (Å²) in [6.45, 7) is 0. The Labute approximate surface area is 127 Å². The first kappa shape index (κ1) is 14.7. The molecule has 0 bridgehead atoms. The maximum atomic E-state index is 12.7. The number of carboxylic acid groups (broad SMARTS) is 1. The first-order valence-electron chi connectivity index (χ1n) is 4.90. The minimum absolute atomic E-state index is 0. The van der Waals surface area contributed by atoms with E-state index in [1.807, 2.05) is 0 Å². The van der Waals surface area contributed by atoms with Crippen molar-refractivity contribution in [1.29, 1.82) is 0 Å². The summed E-state index contributed by atoms with van der Waals surface area (Å²) in [6.07, 6.45) is 0. The largest absolute Gasteiger partial charge is 1.00 e. The van der Waals surface area contributed by atoms with Gasteiger partial charge in [0.15, 0.2) is 0 Å². The minimum Gasteiger partial charge on any atom is -1.00 e. The predicted molar refractivity (Wildman–Crippen MR) is 61.6 cm³/mol. The molecule has 0 amide bonds. The van der Waals surface area contributed by atoms with Gasteiger partial charge < -0.3 is 11.6 Å². The van der Waals surface area contributed by atoms with Crippen LogP contribution in [0.25, 0.3) is 11.1 Å². The van der Waals surface area contributed by atoms with Gasteiger partial charge in [-0.05, 0) is 35.4 Å². The van der Waals surface area contributed by atoms with Gasteiger partial charge in [0.05, 0.1) is 0 Å². The summed E-state index contributed by atoms with van der Waals surface area (Å²) in [7, 11) is 0. The fraction of sp³-hybridized carbons (Fsp3) is 0. The van der Waals surface area contributed by atoms with Gasteiger partial charge in [0, 0.05) is 0 Å². The quantitative estimate of drug-likeness (QED) is 0.744. The van der Waals surface area contributed by atoms with Crippen LogP contribution in [-0.2, 0) is 0 Å². The average molecular weight is 256 g/mol. The second kappa shape index (κ2) is 6.00. The fourth-order valence-electron chi connectivity index (χ4n) is 1.53. The van der Waals surface area contributed by atoms with Gasteiger partial charge in [0.2, 0.25) is 0 Å². The van der Waals surface area contributed by atoms with Gasteiger partial charge in [-0.1, -0.05) is 18.2 Å². The van der Waals surface area contributed by atoms with E-state index in [1.165, 1.54) is 24.3 Å². The second-order valence-corrected chi connectivity index (χ2v) is 3.54. The first-order chi connectivity index (χ1) is 8.08. The average Bonchev–Trinajstić information content (AvgIpc) is 2.30. The van der Waals surface area contributed by atoms with E-state index in [-0.39, 0.29) is 48.1 Å². The van der Waals surface area contributed by atoms with Gasteiger partial charge in [-0.3, -0.25) is 0 Å². The zero-order chi connectivity index (χ0) is 12.4. The monoisotopic (exact) mass is 256 g/mol. The second-order valence-electron chi connectivity index (χ2n) is 3.54. The van der Waals surface area contributed by atoms with Crippen molar-refractivity contribution in [3.05, 3.63) is 53.8 Å². The van der Waals surface area contributed by atoms with Gasteiger partial charge in [0.1, 0.15) is 17.1 Å². The molecule has 0 atom stereocenters. The van der Waals surface area contributed by atoms with Gasteiger partial charge >= 0.3 is 35.5 Å². The Morgan fingerprint density at radius 3 is 2.17 bits per heavy atom. The topological polar surface area (TPSA) is 57.5 Å². The van der Waals surface area contributed by atoms with Crippen LogP contribution in [-0.4, -0.2) is 16.2 Å². The Kier molecular flexibility index (Phi) is 4.90. The molecule has 0 aromatic heterocycles. The third-order valence-corrected chi connectivity index (χ3v) is 2.40. The molecular weight excluding hydrogens is 246 g/mol. The fourth-order valence-corrected chi connectivity index (χ4v) is 1.53. The van der Waals surface area contributed by atoms with Crippen molar-refractivity contribution in [3.8, 4) is 16.9 Å². The molecule has 2 aromatic rings. The van der Waals surface area contributed by atoms with Crippen molar-refractivity contribution in [2.75, 3.05) is 0 Å². The van der Waals surface area contributed by atoms with Crippen LogP contribution < -0.4 is 29.6 Å². The van der Waals surface area contributed by atoms with Crippen molar-refractivity contribution in [1.82, 2.24) is 0 Å². The van der Waals surface area contributed by atoms with E-state index >= 15 is 0 Å². The van der Waals surface area contributed by atoms with Crippen LogP contribution in [0.4, 0.5) is 4.39 Å². The summed E-state index contributed by atoms with van der Waals surface area (Å²) in [5.74, 6) is -1.85. The van der Waals surface area contributed by atoms with Crippen LogP contribution in [0.2, 0.25) is 0 Å². The van der Waals surface area contributed by atoms with E-state index in [2.05, 4.69) is 0 Å². The molecule has 3 nitrogen and oxygen atoms in total. The molecule has 2 rings (SSSR count).